The number of hydrogen-bond donors (Lipinski definition) is 1. The molecule has 1 atom stereocenters. The van der Waals surface area contributed by atoms with E-state index in [2.05, 4.69) is 44.9 Å². The Morgan fingerprint density at radius 2 is 2.06 bits per heavy atom. The Morgan fingerprint density at radius 1 is 1.39 bits per heavy atom. The van der Waals surface area contributed by atoms with Crippen molar-refractivity contribution in [3.63, 3.8) is 0 Å². The van der Waals surface area contributed by atoms with Crippen LogP contribution in [0.15, 0.2) is 24.3 Å². The molecule has 0 bridgehead atoms. The van der Waals surface area contributed by atoms with Crippen LogP contribution in [0.4, 0.5) is 0 Å². The van der Waals surface area contributed by atoms with Crippen LogP contribution in [0.5, 0.6) is 5.75 Å². The molecule has 0 aromatic heterocycles. The van der Waals surface area contributed by atoms with Crippen LogP contribution in [0, 0.1) is 5.41 Å². The van der Waals surface area contributed by atoms with Gasteiger partial charge in [0.2, 0.25) is 0 Å². The fourth-order valence-corrected chi connectivity index (χ4v) is 2.03. The van der Waals surface area contributed by atoms with E-state index in [4.69, 9.17) is 10.5 Å². The van der Waals surface area contributed by atoms with Gasteiger partial charge in [0, 0.05) is 12.6 Å². The average Bonchev–Trinajstić information content (AvgIpc) is 2.37. The van der Waals surface area contributed by atoms with Crippen molar-refractivity contribution in [1.82, 2.24) is 4.90 Å². The van der Waals surface area contributed by atoms with Crippen molar-refractivity contribution in [2.45, 2.75) is 26.8 Å². The second kappa shape index (κ2) is 6.21. The Kier molecular flexibility index (Phi) is 5.17. The predicted octanol–water partition coefficient (Wildman–Crippen LogP) is 2.67. The number of nitrogens with zero attached hydrogens (tertiary/aromatic N) is 1. The molecule has 0 aliphatic heterocycles. The first kappa shape index (κ1) is 15.0. The number of ether oxygens (including phenoxy) is 1. The lowest BCUT2D eigenvalue weighted by Gasteiger charge is -2.33. The normalized spacial score (nSPS) is 13.7. The Balaban J connectivity index is 2.76. The van der Waals surface area contributed by atoms with Crippen LogP contribution in [0.3, 0.4) is 0 Å². The standard InChI is InChI=1S/C15H26N2O/c1-12(17(4)11-15(2,3)10-16)13-7-6-8-14(9-13)18-5/h6-9,12H,10-11,16H2,1-5H3. The molecule has 0 radical (unpaired) electrons. The predicted molar refractivity (Wildman–Crippen MR) is 76.9 cm³/mol. The van der Waals surface area contributed by atoms with Crippen molar-refractivity contribution < 1.29 is 4.74 Å². The van der Waals surface area contributed by atoms with Gasteiger partial charge >= 0.3 is 0 Å². The van der Waals surface area contributed by atoms with Crippen LogP contribution in [0.2, 0.25) is 0 Å². The maximum absolute atomic E-state index is 5.79. The number of methoxy groups -OCH3 is 1. The second-order valence-corrected chi connectivity index (χ2v) is 5.74. The molecular weight excluding hydrogens is 224 g/mol. The van der Waals surface area contributed by atoms with E-state index in [0.29, 0.717) is 12.6 Å². The minimum atomic E-state index is 0.141. The van der Waals surface area contributed by atoms with E-state index in [-0.39, 0.29) is 5.41 Å². The van der Waals surface area contributed by atoms with Crippen molar-refractivity contribution in [2.24, 2.45) is 11.1 Å². The lowest BCUT2D eigenvalue weighted by molar-refractivity contribution is 0.174. The van der Waals surface area contributed by atoms with Gasteiger partial charge in [0.25, 0.3) is 0 Å². The molecule has 1 unspecified atom stereocenters. The molecule has 0 saturated carbocycles. The van der Waals surface area contributed by atoms with Crippen LogP contribution in [0.1, 0.15) is 32.4 Å². The first-order valence-electron chi connectivity index (χ1n) is 6.44. The fraction of sp³-hybridized carbons (Fsp3) is 0.600. The molecule has 0 aliphatic carbocycles. The number of benzene rings is 1. The van der Waals surface area contributed by atoms with Gasteiger partial charge in [0.1, 0.15) is 5.75 Å². The topological polar surface area (TPSA) is 38.5 Å². The summed E-state index contributed by atoms with van der Waals surface area (Å²) < 4.78 is 5.27. The van der Waals surface area contributed by atoms with E-state index in [1.54, 1.807) is 7.11 Å². The fourth-order valence-electron chi connectivity index (χ4n) is 2.03. The highest BCUT2D eigenvalue weighted by atomic mass is 16.5. The van der Waals surface area contributed by atoms with Gasteiger partial charge in [-0.25, -0.2) is 0 Å². The van der Waals surface area contributed by atoms with Gasteiger partial charge in [-0.3, -0.25) is 4.90 Å². The molecule has 0 amide bonds. The summed E-state index contributed by atoms with van der Waals surface area (Å²) in [6.45, 7) is 8.27. The van der Waals surface area contributed by atoms with Gasteiger partial charge in [-0.2, -0.15) is 0 Å². The first-order valence-corrected chi connectivity index (χ1v) is 6.44. The molecule has 0 aliphatic rings. The van der Waals surface area contributed by atoms with Crippen LogP contribution >= 0.6 is 0 Å². The third kappa shape index (κ3) is 4.00. The lowest BCUT2D eigenvalue weighted by atomic mass is 9.92. The number of rotatable bonds is 6. The van der Waals surface area contributed by atoms with Gasteiger partial charge in [-0.15, -0.1) is 0 Å². The Hall–Kier alpha value is -1.06. The molecule has 0 spiro atoms. The van der Waals surface area contributed by atoms with E-state index in [1.807, 2.05) is 12.1 Å². The molecule has 0 fully saturated rings. The number of nitrogens with two attached hydrogens (primary N) is 1. The maximum atomic E-state index is 5.79. The summed E-state index contributed by atoms with van der Waals surface area (Å²) >= 11 is 0. The molecular formula is C15H26N2O. The minimum absolute atomic E-state index is 0.141. The van der Waals surface area contributed by atoms with Gasteiger partial charge in [-0.05, 0) is 43.6 Å². The van der Waals surface area contributed by atoms with Crippen molar-refractivity contribution in [3.8, 4) is 5.75 Å². The molecule has 3 heteroatoms. The summed E-state index contributed by atoms with van der Waals surface area (Å²) in [4.78, 5) is 2.33. The molecule has 1 rings (SSSR count). The second-order valence-electron chi connectivity index (χ2n) is 5.74. The molecule has 3 nitrogen and oxygen atoms in total. The Bertz CT molecular complexity index is 377. The largest absolute Gasteiger partial charge is 0.497 e. The summed E-state index contributed by atoms with van der Waals surface area (Å²) in [6.07, 6.45) is 0. The van der Waals surface area contributed by atoms with E-state index in [1.165, 1.54) is 5.56 Å². The zero-order valence-electron chi connectivity index (χ0n) is 12.2. The third-order valence-corrected chi connectivity index (χ3v) is 3.47. The summed E-state index contributed by atoms with van der Waals surface area (Å²) in [7, 11) is 3.84. The van der Waals surface area contributed by atoms with Gasteiger partial charge in [-0.1, -0.05) is 26.0 Å². The van der Waals surface area contributed by atoms with E-state index in [9.17, 15) is 0 Å². The quantitative estimate of drug-likeness (QED) is 0.843. The van der Waals surface area contributed by atoms with Crippen molar-refractivity contribution in [2.75, 3.05) is 27.2 Å². The van der Waals surface area contributed by atoms with Gasteiger partial charge in [0.05, 0.1) is 7.11 Å². The summed E-state index contributed by atoms with van der Waals surface area (Å²) in [5.74, 6) is 0.908. The highest BCUT2D eigenvalue weighted by Crippen LogP contribution is 2.25. The maximum Gasteiger partial charge on any atom is 0.119 e. The van der Waals surface area contributed by atoms with Crippen molar-refractivity contribution in [3.05, 3.63) is 29.8 Å². The van der Waals surface area contributed by atoms with Crippen LogP contribution in [-0.4, -0.2) is 32.1 Å². The lowest BCUT2D eigenvalue weighted by Crippen LogP contribution is -2.37. The summed E-state index contributed by atoms with van der Waals surface area (Å²) in [5, 5.41) is 0. The van der Waals surface area contributed by atoms with Crippen LogP contribution in [-0.2, 0) is 0 Å². The molecule has 1 aromatic carbocycles. The van der Waals surface area contributed by atoms with Crippen LogP contribution in [0.25, 0.3) is 0 Å². The molecule has 2 N–H and O–H groups in total. The van der Waals surface area contributed by atoms with Crippen molar-refractivity contribution >= 4 is 0 Å². The monoisotopic (exact) mass is 250 g/mol. The molecule has 1 aromatic rings. The zero-order valence-corrected chi connectivity index (χ0v) is 12.2. The summed E-state index contributed by atoms with van der Waals surface area (Å²) in [5.41, 5.74) is 7.20. The van der Waals surface area contributed by atoms with E-state index in [0.717, 1.165) is 12.3 Å². The Labute approximate surface area is 111 Å². The average molecular weight is 250 g/mol. The van der Waals surface area contributed by atoms with Crippen LogP contribution < -0.4 is 10.5 Å². The van der Waals surface area contributed by atoms with Gasteiger partial charge < -0.3 is 10.5 Å². The molecule has 18 heavy (non-hydrogen) atoms. The number of hydrogen-bond acceptors (Lipinski definition) is 3. The molecule has 102 valence electrons. The highest BCUT2D eigenvalue weighted by Gasteiger charge is 2.21. The van der Waals surface area contributed by atoms with Crippen molar-refractivity contribution in [1.29, 1.82) is 0 Å². The molecule has 0 saturated heterocycles. The SMILES string of the molecule is COc1cccc(C(C)N(C)CC(C)(C)CN)c1. The highest BCUT2D eigenvalue weighted by molar-refractivity contribution is 5.30. The Morgan fingerprint density at radius 3 is 2.61 bits per heavy atom. The van der Waals surface area contributed by atoms with Gasteiger partial charge in [0.15, 0.2) is 0 Å². The van der Waals surface area contributed by atoms with E-state index >= 15 is 0 Å². The smallest absolute Gasteiger partial charge is 0.119 e. The zero-order chi connectivity index (χ0) is 13.8. The summed E-state index contributed by atoms with van der Waals surface area (Å²) in [6, 6.07) is 8.59. The first-order chi connectivity index (χ1) is 8.39. The minimum Gasteiger partial charge on any atom is -0.497 e. The van der Waals surface area contributed by atoms with E-state index < -0.39 is 0 Å². The third-order valence-electron chi connectivity index (χ3n) is 3.47. The molecule has 0 heterocycles.